The first-order chi connectivity index (χ1) is 14.2. The number of nitrogens with one attached hydrogen (secondary N) is 1. The summed E-state index contributed by atoms with van der Waals surface area (Å²) >= 11 is 0. The van der Waals surface area contributed by atoms with Gasteiger partial charge < -0.3 is 10.1 Å². The van der Waals surface area contributed by atoms with E-state index in [-0.39, 0.29) is 10.6 Å². The molecule has 31 heavy (non-hydrogen) atoms. The van der Waals surface area contributed by atoms with Crippen molar-refractivity contribution in [1.29, 1.82) is 0 Å². The molecule has 0 aliphatic carbocycles. The molecule has 1 amide bonds. The highest BCUT2D eigenvalue weighted by molar-refractivity contribution is 7.89. The Morgan fingerprint density at radius 1 is 1.19 bits per heavy atom. The fourth-order valence-corrected chi connectivity index (χ4v) is 3.62. The summed E-state index contributed by atoms with van der Waals surface area (Å²) in [4.78, 5) is 21.8. The van der Waals surface area contributed by atoms with Gasteiger partial charge in [0.1, 0.15) is 11.3 Å². The van der Waals surface area contributed by atoms with E-state index in [1.54, 1.807) is 6.92 Å². The zero-order chi connectivity index (χ0) is 23.6. The zero-order valence-corrected chi connectivity index (χ0v) is 17.4. The van der Waals surface area contributed by atoms with Crippen LogP contribution in [0.15, 0.2) is 41.3 Å². The lowest BCUT2D eigenvalue weighted by Gasteiger charge is -2.16. The lowest BCUT2D eigenvalue weighted by Crippen LogP contribution is -2.24. The quantitative estimate of drug-likeness (QED) is 0.500. The number of amides is 1. The molecule has 0 atom stereocenters. The molecule has 0 fully saturated rings. The Morgan fingerprint density at radius 3 is 2.39 bits per heavy atom. The Balaban J connectivity index is 2.19. The predicted octanol–water partition coefficient (Wildman–Crippen LogP) is 3.19. The van der Waals surface area contributed by atoms with E-state index in [1.807, 2.05) is 0 Å². The Kier molecular flexibility index (Phi) is 6.91. The van der Waals surface area contributed by atoms with Crippen molar-refractivity contribution in [2.75, 3.05) is 26.0 Å². The molecule has 0 saturated heterocycles. The third-order valence-electron chi connectivity index (χ3n) is 4.07. The third kappa shape index (κ3) is 5.70. The van der Waals surface area contributed by atoms with Crippen molar-refractivity contribution in [2.45, 2.75) is 18.0 Å². The molecule has 0 aliphatic heterocycles. The highest BCUT2D eigenvalue weighted by Crippen LogP contribution is 2.38. The van der Waals surface area contributed by atoms with E-state index < -0.39 is 50.6 Å². The number of benzene rings is 2. The van der Waals surface area contributed by atoms with E-state index >= 15 is 0 Å². The molecule has 0 aromatic heterocycles. The first-order valence-corrected chi connectivity index (χ1v) is 9.99. The summed E-state index contributed by atoms with van der Waals surface area (Å²) < 4.78 is 70.1. The maximum atomic E-state index is 13.2. The fourth-order valence-electron chi connectivity index (χ4n) is 2.47. The van der Waals surface area contributed by atoms with Crippen LogP contribution in [0.4, 0.5) is 24.5 Å². The molecule has 0 saturated carbocycles. The van der Waals surface area contributed by atoms with E-state index in [1.165, 1.54) is 32.3 Å². The van der Waals surface area contributed by atoms with Crippen LogP contribution in [0.3, 0.4) is 0 Å². The minimum atomic E-state index is -4.94. The second-order valence-corrected chi connectivity index (χ2v) is 8.66. The van der Waals surface area contributed by atoms with Crippen molar-refractivity contribution in [3.05, 3.63) is 57.6 Å². The number of nitro benzene ring substituents is 1. The van der Waals surface area contributed by atoms with Crippen LogP contribution in [0.25, 0.3) is 0 Å². The minimum Gasteiger partial charge on any atom is -0.483 e. The number of halogens is 3. The molecule has 9 nitrogen and oxygen atoms in total. The number of nitrogens with zero attached hydrogens (tertiary/aromatic N) is 2. The SMILES string of the molecule is Cc1ccc(NC(=O)COc2ccc([N+](=O)[O-])cc2C(F)(F)F)cc1S(=O)(=O)N(C)C. The standard InChI is InChI=1S/C18H18F3N3O6S/c1-11-4-5-12(8-16(11)31(28,29)23(2)3)22-17(25)10-30-15-7-6-13(24(26)27)9-14(15)18(19,20)21/h4-9H,10H2,1-3H3,(H,22,25). The van der Waals surface area contributed by atoms with Gasteiger partial charge in [-0.1, -0.05) is 6.07 Å². The summed E-state index contributed by atoms with van der Waals surface area (Å²) in [5.41, 5.74) is -1.65. The minimum absolute atomic E-state index is 0.0501. The number of nitro groups is 1. The van der Waals surface area contributed by atoms with Crippen molar-refractivity contribution in [3.63, 3.8) is 0 Å². The van der Waals surface area contributed by atoms with Gasteiger partial charge in [-0.05, 0) is 30.7 Å². The lowest BCUT2D eigenvalue weighted by atomic mass is 10.1. The van der Waals surface area contributed by atoms with Crippen LogP contribution in [0.2, 0.25) is 0 Å². The van der Waals surface area contributed by atoms with Crippen LogP contribution in [0.1, 0.15) is 11.1 Å². The maximum absolute atomic E-state index is 13.2. The van der Waals surface area contributed by atoms with Crippen molar-refractivity contribution >= 4 is 27.3 Å². The molecule has 2 rings (SSSR count). The summed E-state index contributed by atoms with van der Waals surface area (Å²) in [5, 5.41) is 13.1. The number of hydrogen-bond donors (Lipinski definition) is 1. The summed E-state index contributed by atoms with van der Waals surface area (Å²) in [6.07, 6.45) is -4.94. The summed E-state index contributed by atoms with van der Waals surface area (Å²) in [6.45, 7) is 0.725. The van der Waals surface area contributed by atoms with E-state index in [9.17, 15) is 36.5 Å². The van der Waals surface area contributed by atoms with Gasteiger partial charge in [0.25, 0.3) is 11.6 Å². The number of carbonyl (C=O) groups excluding carboxylic acids is 1. The van der Waals surface area contributed by atoms with Gasteiger partial charge in [0, 0.05) is 31.9 Å². The number of hydrogen-bond acceptors (Lipinski definition) is 6. The molecule has 2 aromatic rings. The number of anilines is 1. The van der Waals surface area contributed by atoms with E-state index in [4.69, 9.17) is 4.74 Å². The van der Waals surface area contributed by atoms with Crippen LogP contribution in [0, 0.1) is 17.0 Å². The second-order valence-electron chi connectivity index (χ2n) is 6.54. The molecule has 13 heteroatoms. The van der Waals surface area contributed by atoms with Crippen LogP contribution < -0.4 is 10.1 Å². The number of non-ortho nitro benzene ring substituents is 1. The molecule has 0 bridgehead atoms. The van der Waals surface area contributed by atoms with E-state index in [0.29, 0.717) is 11.6 Å². The average molecular weight is 461 g/mol. The Hall–Kier alpha value is -3.19. The topological polar surface area (TPSA) is 119 Å². The van der Waals surface area contributed by atoms with Crippen LogP contribution in [0.5, 0.6) is 5.75 Å². The van der Waals surface area contributed by atoms with Crippen LogP contribution in [-0.2, 0) is 21.0 Å². The molecular weight excluding hydrogens is 443 g/mol. The monoisotopic (exact) mass is 461 g/mol. The third-order valence-corrected chi connectivity index (χ3v) is 6.03. The van der Waals surface area contributed by atoms with E-state index in [2.05, 4.69) is 5.32 Å². The molecular formula is C18H18F3N3O6S. The van der Waals surface area contributed by atoms with Crippen molar-refractivity contribution < 1.29 is 36.0 Å². The first-order valence-electron chi connectivity index (χ1n) is 8.55. The van der Waals surface area contributed by atoms with Crippen LogP contribution >= 0.6 is 0 Å². The smallest absolute Gasteiger partial charge is 0.420 e. The Morgan fingerprint density at radius 2 is 1.84 bits per heavy atom. The van der Waals surface area contributed by atoms with Gasteiger partial charge in [0.05, 0.1) is 9.82 Å². The van der Waals surface area contributed by atoms with Gasteiger partial charge in [0.15, 0.2) is 6.61 Å². The lowest BCUT2D eigenvalue weighted by molar-refractivity contribution is -0.385. The fraction of sp³-hybridized carbons (Fsp3) is 0.278. The number of carbonyl (C=O) groups is 1. The van der Waals surface area contributed by atoms with Gasteiger partial charge in [-0.2, -0.15) is 13.2 Å². The van der Waals surface area contributed by atoms with Crippen molar-refractivity contribution in [2.24, 2.45) is 0 Å². The van der Waals surface area contributed by atoms with Crippen molar-refractivity contribution in [1.82, 2.24) is 4.31 Å². The molecule has 0 spiro atoms. The van der Waals surface area contributed by atoms with Gasteiger partial charge in [-0.25, -0.2) is 12.7 Å². The molecule has 0 unspecified atom stereocenters. The summed E-state index contributed by atoms with van der Waals surface area (Å²) in [5.74, 6) is -1.61. The maximum Gasteiger partial charge on any atom is 0.420 e. The molecule has 2 aromatic carbocycles. The van der Waals surface area contributed by atoms with Gasteiger partial charge >= 0.3 is 6.18 Å². The average Bonchev–Trinajstić information content (AvgIpc) is 2.66. The van der Waals surface area contributed by atoms with E-state index in [0.717, 1.165) is 16.4 Å². The van der Waals surface area contributed by atoms with Gasteiger partial charge in [-0.3, -0.25) is 14.9 Å². The second kappa shape index (κ2) is 8.89. The summed E-state index contributed by atoms with van der Waals surface area (Å²) in [6, 6.07) is 5.99. The summed E-state index contributed by atoms with van der Waals surface area (Å²) in [7, 11) is -1.10. The largest absolute Gasteiger partial charge is 0.483 e. The molecule has 168 valence electrons. The number of rotatable bonds is 7. The van der Waals surface area contributed by atoms with Crippen LogP contribution in [-0.4, -0.2) is 44.3 Å². The Labute approximate surface area is 175 Å². The number of alkyl halides is 3. The Bertz CT molecular complexity index is 1120. The molecule has 1 N–H and O–H groups in total. The molecule has 0 heterocycles. The number of ether oxygens (including phenoxy) is 1. The highest BCUT2D eigenvalue weighted by Gasteiger charge is 2.36. The molecule has 0 radical (unpaired) electrons. The molecule has 0 aliphatic rings. The zero-order valence-electron chi connectivity index (χ0n) is 16.6. The van der Waals surface area contributed by atoms with Crippen molar-refractivity contribution in [3.8, 4) is 5.75 Å². The number of sulfonamides is 1. The van der Waals surface area contributed by atoms with Gasteiger partial charge in [0.2, 0.25) is 10.0 Å². The first kappa shape index (κ1) is 24.1. The number of aryl methyl sites for hydroxylation is 1. The predicted molar refractivity (Wildman–Crippen MR) is 104 cm³/mol. The van der Waals surface area contributed by atoms with Gasteiger partial charge in [-0.15, -0.1) is 0 Å². The highest BCUT2D eigenvalue weighted by atomic mass is 32.2. The normalized spacial score (nSPS) is 12.0.